The Labute approximate surface area is 70.8 Å². The molecule has 0 amide bonds. The van der Waals surface area contributed by atoms with Crippen LogP contribution in [0.1, 0.15) is 12.8 Å². The van der Waals surface area contributed by atoms with E-state index in [-0.39, 0.29) is 24.9 Å². The summed E-state index contributed by atoms with van der Waals surface area (Å²) >= 11 is 0. The van der Waals surface area contributed by atoms with Crippen molar-refractivity contribution in [2.75, 3.05) is 6.54 Å². The molecule has 0 radical (unpaired) electrons. The smallest absolute Gasteiger partial charge is 0.306 e. The Kier molecular flexibility index (Phi) is 3.29. The van der Waals surface area contributed by atoms with Crippen LogP contribution in [0.5, 0.6) is 0 Å². The predicted molar refractivity (Wildman–Crippen MR) is 41.6 cm³/mol. The third kappa shape index (κ3) is 2.05. The molecule has 5 heteroatoms. The maximum absolute atomic E-state index is 10.2. The summed E-state index contributed by atoms with van der Waals surface area (Å²) in [5.41, 5.74) is 4.30. The van der Waals surface area contributed by atoms with Gasteiger partial charge in [0.05, 0.1) is 11.5 Å². The van der Waals surface area contributed by atoms with Crippen molar-refractivity contribution >= 4 is 18.4 Å². The van der Waals surface area contributed by atoms with Crippen molar-refractivity contribution in [3.05, 3.63) is 0 Å². The molecule has 0 saturated heterocycles. The number of carboxylic acids is 1. The summed E-state index contributed by atoms with van der Waals surface area (Å²) in [5.74, 6) is -1.22. The molecule has 0 aliphatic heterocycles. The average Bonchev–Trinajstić information content (AvgIpc) is 1.80. The molecule has 0 aromatic carbocycles. The van der Waals surface area contributed by atoms with Crippen molar-refractivity contribution in [3.63, 3.8) is 0 Å². The van der Waals surface area contributed by atoms with Gasteiger partial charge in [0, 0.05) is 6.54 Å². The molecule has 0 aromatic heterocycles. The molecule has 0 aromatic rings. The number of carboxylic acid groups (broad SMARTS) is 1. The quantitative estimate of drug-likeness (QED) is 0.541. The second-order valence-corrected chi connectivity index (χ2v) is 2.87. The molecule has 11 heavy (non-hydrogen) atoms. The van der Waals surface area contributed by atoms with E-state index in [4.69, 9.17) is 10.8 Å². The summed E-state index contributed by atoms with van der Waals surface area (Å²) in [6.45, 7) is 0.163. The molecule has 1 fully saturated rings. The van der Waals surface area contributed by atoms with Crippen molar-refractivity contribution in [1.29, 1.82) is 0 Å². The van der Waals surface area contributed by atoms with Gasteiger partial charge in [0.25, 0.3) is 0 Å². The van der Waals surface area contributed by atoms with Crippen LogP contribution in [0.3, 0.4) is 0 Å². The van der Waals surface area contributed by atoms with Gasteiger partial charge in [-0.05, 0) is 12.8 Å². The minimum atomic E-state index is -0.886. The van der Waals surface area contributed by atoms with E-state index in [1.54, 1.807) is 0 Å². The SMILES string of the molecule is Cl.NCC1(O)CC(C(=O)O)C1. The molecule has 66 valence electrons. The van der Waals surface area contributed by atoms with E-state index < -0.39 is 11.6 Å². The van der Waals surface area contributed by atoms with Crippen LogP contribution >= 0.6 is 12.4 Å². The van der Waals surface area contributed by atoms with Gasteiger partial charge in [0.2, 0.25) is 0 Å². The molecule has 1 aliphatic rings. The summed E-state index contributed by atoms with van der Waals surface area (Å²) in [4.78, 5) is 10.2. The lowest BCUT2D eigenvalue weighted by Crippen LogP contribution is -2.51. The van der Waals surface area contributed by atoms with Gasteiger partial charge in [-0.15, -0.1) is 12.4 Å². The topological polar surface area (TPSA) is 83.5 Å². The van der Waals surface area contributed by atoms with Crippen LogP contribution in [0.15, 0.2) is 0 Å². The molecule has 0 bridgehead atoms. The van der Waals surface area contributed by atoms with Gasteiger partial charge in [-0.2, -0.15) is 0 Å². The fourth-order valence-corrected chi connectivity index (χ4v) is 1.20. The van der Waals surface area contributed by atoms with Gasteiger partial charge < -0.3 is 15.9 Å². The van der Waals surface area contributed by atoms with Crippen LogP contribution in [0.2, 0.25) is 0 Å². The third-order valence-corrected chi connectivity index (χ3v) is 1.98. The minimum absolute atomic E-state index is 0. The van der Waals surface area contributed by atoms with Crippen molar-refractivity contribution < 1.29 is 15.0 Å². The predicted octanol–water partition coefficient (Wildman–Crippen LogP) is -0.407. The Morgan fingerprint density at radius 3 is 2.36 bits per heavy atom. The fourth-order valence-electron chi connectivity index (χ4n) is 1.20. The highest BCUT2D eigenvalue weighted by molar-refractivity contribution is 5.85. The first-order chi connectivity index (χ1) is 4.57. The van der Waals surface area contributed by atoms with Crippen LogP contribution in [-0.4, -0.2) is 28.3 Å². The van der Waals surface area contributed by atoms with Crippen LogP contribution in [0.25, 0.3) is 0 Å². The van der Waals surface area contributed by atoms with Crippen LogP contribution in [0.4, 0.5) is 0 Å². The summed E-state index contributed by atoms with van der Waals surface area (Å²) in [7, 11) is 0. The van der Waals surface area contributed by atoms with Crippen molar-refractivity contribution in [1.82, 2.24) is 0 Å². The fraction of sp³-hybridized carbons (Fsp3) is 0.833. The first-order valence-corrected chi connectivity index (χ1v) is 3.23. The monoisotopic (exact) mass is 181 g/mol. The largest absolute Gasteiger partial charge is 0.481 e. The maximum Gasteiger partial charge on any atom is 0.306 e. The number of hydrogen-bond acceptors (Lipinski definition) is 3. The Hall–Kier alpha value is -0.320. The Morgan fingerprint density at radius 1 is 1.64 bits per heavy atom. The summed E-state index contributed by atoms with van der Waals surface area (Å²) in [6, 6.07) is 0. The van der Waals surface area contributed by atoms with E-state index in [1.807, 2.05) is 0 Å². The van der Waals surface area contributed by atoms with E-state index in [1.165, 1.54) is 0 Å². The highest BCUT2D eigenvalue weighted by Crippen LogP contribution is 2.36. The molecule has 0 unspecified atom stereocenters. The first kappa shape index (κ1) is 10.7. The number of nitrogens with two attached hydrogens (primary N) is 1. The second-order valence-electron chi connectivity index (χ2n) is 2.87. The lowest BCUT2D eigenvalue weighted by molar-refractivity contribution is -0.156. The molecule has 4 nitrogen and oxygen atoms in total. The summed E-state index contributed by atoms with van der Waals surface area (Å²) < 4.78 is 0. The molecule has 4 N–H and O–H groups in total. The lowest BCUT2D eigenvalue weighted by Gasteiger charge is -2.40. The van der Waals surface area contributed by atoms with Crippen LogP contribution in [-0.2, 0) is 4.79 Å². The molecular formula is C6H12ClNO3. The van der Waals surface area contributed by atoms with Crippen LogP contribution < -0.4 is 5.73 Å². The second kappa shape index (κ2) is 3.38. The Morgan fingerprint density at radius 2 is 2.09 bits per heavy atom. The van der Waals surface area contributed by atoms with Crippen molar-refractivity contribution in [2.45, 2.75) is 18.4 Å². The zero-order chi connectivity index (χ0) is 7.78. The summed E-state index contributed by atoms with van der Waals surface area (Å²) in [5, 5.41) is 17.7. The van der Waals surface area contributed by atoms with Gasteiger partial charge in [-0.1, -0.05) is 0 Å². The Balaban J connectivity index is 0.000001000. The van der Waals surface area contributed by atoms with Crippen molar-refractivity contribution in [3.8, 4) is 0 Å². The van der Waals surface area contributed by atoms with E-state index in [0.29, 0.717) is 12.8 Å². The Bertz CT molecular complexity index is 156. The van der Waals surface area contributed by atoms with E-state index in [2.05, 4.69) is 0 Å². The number of halogens is 1. The standard InChI is InChI=1S/C6H11NO3.ClH/c7-3-6(10)1-4(2-6)5(8)9;/h4,10H,1-3,7H2,(H,8,9);1H. The molecule has 1 aliphatic carbocycles. The first-order valence-electron chi connectivity index (χ1n) is 3.23. The maximum atomic E-state index is 10.2. The zero-order valence-corrected chi connectivity index (χ0v) is 6.80. The van der Waals surface area contributed by atoms with Crippen molar-refractivity contribution in [2.24, 2.45) is 11.7 Å². The molecule has 0 heterocycles. The van der Waals surface area contributed by atoms with E-state index in [9.17, 15) is 9.90 Å². The van der Waals surface area contributed by atoms with E-state index >= 15 is 0 Å². The lowest BCUT2D eigenvalue weighted by atomic mass is 9.71. The zero-order valence-electron chi connectivity index (χ0n) is 5.99. The molecule has 1 saturated carbocycles. The summed E-state index contributed by atoms with van der Waals surface area (Å²) in [6.07, 6.45) is 0.609. The number of aliphatic carboxylic acids is 1. The molecule has 1 rings (SSSR count). The highest BCUT2D eigenvalue weighted by atomic mass is 35.5. The van der Waals surface area contributed by atoms with E-state index in [0.717, 1.165) is 0 Å². The minimum Gasteiger partial charge on any atom is -0.481 e. The number of aliphatic hydroxyl groups is 1. The van der Waals surface area contributed by atoms with Gasteiger partial charge in [-0.25, -0.2) is 0 Å². The van der Waals surface area contributed by atoms with Crippen LogP contribution in [0, 0.1) is 5.92 Å². The average molecular weight is 182 g/mol. The molecular weight excluding hydrogens is 170 g/mol. The van der Waals surface area contributed by atoms with Gasteiger partial charge in [0.1, 0.15) is 0 Å². The van der Waals surface area contributed by atoms with Gasteiger partial charge in [0.15, 0.2) is 0 Å². The highest BCUT2D eigenvalue weighted by Gasteiger charge is 2.45. The molecule has 0 atom stereocenters. The number of carbonyl (C=O) groups is 1. The van der Waals surface area contributed by atoms with Gasteiger partial charge in [-0.3, -0.25) is 4.79 Å². The van der Waals surface area contributed by atoms with Gasteiger partial charge >= 0.3 is 5.97 Å². The number of rotatable bonds is 2. The third-order valence-electron chi connectivity index (χ3n) is 1.98. The normalized spacial score (nSPS) is 35.3. The number of hydrogen-bond donors (Lipinski definition) is 3. The molecule has 0 spiro atoms.